The number of benzene rings is 4. The van der Waals surface area contributed by atoms with E-state index in [9.17, 15) is 18.0 Å². The molecule has 0 radical (unpaired) electrons. The molecule has 0 unspecified atom stereocenters. The maximum absolute atomic E-state index is 14.1. The number of carbonyl (C=O) groups excluding carboxylic acids is 2. The molecule has 0 heterocycles. The van der Waals surface area contributed by atoms with E-state index in [0.29, 0.717) is 30.2 Å². The molecule has 0 fully saturated rings. The first kappa shape index (κ1) is 31.3. The summed E-state index contributed by atoms with van der Waals surface area (Å²) < 4.78 is 34.9. The van der Waals surface area contributed by atoms with E-state index in [1.165, 1.54) is 17.0 Å². The highest BCUT2D eigenvalue weighted by atomic mass is 32.2. The highest BCUT2D eigenvalue weighted by Gasteiger charge is 2.33. The van der Waals surface area contributed by atoms with Crippen LogP contribution < -0.4 is 14.4 Å². The lowest BCUT2D eigenvalue weighted by Gasteiger charge is -2.33. The summed E-state index contributed by atoms with van der Waals surface area (Å²) in [5.41, 5.74) is 2.19. The van der Waals surface area contributed by atoms with Crippen LogP contribution in [0.2, 0.25) is 0 Å². The van der Waals surface area contributed by atoms with E-state index in [0.717, 1.165) is 15.4 Å². The van der Waals surface area contributed by atoms with Crippen molar-refractivity contribution in [2.24, 2.45) is 0 Å². The molecule has 0 aliphatic rings. The van der Waals surface area contributed by atoms with Gasteiger partial charge < -0.3 is 15.0 Å². The first-order valence-electron chi connectivity index (χ1n) is 14.3. The standard InChI is InChI=1S/C34H37N3O5S/c1-4-32(34(39)35-5-2)36(24-27-18-16-26(3)17-19-27)33(38)25-37(43(40,41)31-14-10-7-11-15-31)28-20-22-30(23-21-28)42-29-12-8-6-9-13-29/h6-23,32H,4-5,24-25H2,1-3H3,(H,35,39)/t32-/m1/s1. The fourth-order valence-corrected chi connectivity index (χ4v) is 6.09. The summed E-state index contributed by atoms with van der Waals surface area (Å²) >= 11 is 0. The maximum Gasteiger partial charge on any atom is 0.264 e. The molecule has 43 heavy (non-hydrogen) atoms. The predicted molar refractivity (Wildman–Crippen MR) is 168 cm³/mol. The molecule has 9 heteroatoms. The smallest absolute Gasteiger partial charge is 0.264 e. The molecule has 4 aromatic rings. The minimum absolute atomic E-state index is 0.0493. The lowest BCUT2D eigenvalue weighted by Crippen LogP contribution is -2.52. The topological polar surface area (TPSA) is 96.0 Å². The Morgan fingerprint density at radius 2 is 1.37 bits per heavy atom. The molecule has 8 nitrogen and oxygen atoms in total. The van der Waals surface area contributed by atoms with Crippen LogP contribution >= 0.6 is 0 Å². The van der Waals surface area contributed by atoms with E-state index in [2.05, 4.69) is 5.32 Å². The number of nitrogens with one attached hydrogen (secondary N) is 1. The zero-order valence-electron chi connectivity index (χ0n) is 24.6. The van der Waals surface area contributed by atoms with Crippen LogP contribution in [0.15, 0.2) is 114 Å². The largest absolute Gasteiger partial charge is 0.457 e. The quantitative estimate of drug-likeness (QED) is 0.206. The van der Waals surface area contributed by atoms with Crippen LogP contribution in [0.5, 0.6) is 11.5 Å². The number of carbonyl (C=O) groups is 2. The molecule has 1 atom stereocenters. The monoisotopic (exact) mass is 599 g/mol. The molecule has 0 aliphatic heterocycles. The van der Waals surface area contributed by atoms with Crippen molar-refractivity contribution in [2.75, 3.05) is 17.4 Å². The molecule has 0 aromatic heterocycles. The zero-order valence-corrected chi connectivity index (χ0v) is 25.5. The van der Waals surface area contributed by atoms with Gasteiger partial charge in [0.15, 0.2) is 0 Å². The van der Waals surface area contributed by atoms with Gasteiger partial charge in [-0.1, -0.05) is 73.2 Å². The van der Waals surface area contributed by atoms with E-state index in [1.807, 2.05) is 75.4 Å². The number of anilines is 1. The van der Waals surface area contributed by atoms with Crippen LogP contribution in [-0.4, -0.2) is 44.3 Å². The minimum Gasteiger partial charge on any atom is -0.457 e. The summed E-state index contributed by atoms with van der Waals surface area (Å²) in [7, 11) is -4.15. The van der Waals surface area contributed by atoms with Crippen molar-refractivity contribution in [3.05, 3.63) is 120 Å². The van der Waals surface area contributed by atoms with Gasteiger partial charge in [0, 0.05) is 13.1 Å². The van der Waals surface area contributed by atoms with Crippen LogP contribution in [0.3, 0.4) is 0 Å². The molecule has 224 valence electrons. The van der Waals surface area contributed by atoms with Crippen molar-refractivity contribution in [2.45, 2.75) is 44.7 Å². The molecular formula is C34H37N3O5S. The molecule has 0 aliphatic carbocycles. The Kier molecular flexibility index (Phi) is 10.6. The Labute approximate surface area is 254 Å². The average Bonchev–Trinajstić information content (AvgIpc) is 3.02. The normalized spacial score (nSPS) is 11.8. The zero-order chi connectivity index (χ0) is 30.8. The van der Waals surface area contributed by atoms with Gasteiger partial charge in [-0.15, -0.1) is 0 Å². The highest BCUT2D eigenvalue weighted by Crippen LogP contribution is 2.28. The van der Waals surface area contributed by atoms with E-state index < -0.39 is 28.5 Å². The van der Waals surface area contributed by atoms with Gasteiger partial charge in [-0.2, -0.15) is 0 Å². The van der Waals surface area contributed by atoms with Crippen LogP contribution in [0.4, 0.5) is 5.69 Å². The Morgan fingerprint density at radius 3 is 1.95 bits per heavy atom. The number of amides is 2. The maximum atomic E-state index is 14.1. The summed E-state index contributed by atoms with van der Waals surface area (Å²) in [6.45, 7) is 5.68. The molecule has 0 saturated heterocycles. The summed E-state index contributed by atoms with van der Waals surface area (Å²) in [4.78, 5) is 28.7. The third kappa shape index (κ3) is 8.02. The van der Waals surface area contributed by atoms with Gasteiger partial charge in [0.05, 0.1) is 10.6 Å². The van der Waals surface area contributed by atoms with Crippen LogP contribution in [0.1, 0.15) is 31.4 Å². The lowest BCUT2D eigenvalue weighted by atomic mass is 10.1. The number of nitrogens with zero attached hydrogens (tertiary/aromatic N) is 2. The molecule has 0 spiro atoms. The summed E-state index contributed by atoms with van der Waals surface area (Å²) in [5.74, 6) is 0.372. The molecule has 1 N–H and O–H groups in total. The Balaban J connectivity index is 1.70. The van der Waals surface area contributed by atoms with Gasteiger partial charge in [0.1, 0.15) is 24.1 Å². The summed E-state index contributed by atoms with van der Waals surface area (Å²) in [6.07, 6.45) is 0.361. The Bertz CT molecular complexity index is 1590. The fourth-order valence-electron chi connectivity index (χ4n) is 4.66. The van der Waals surface area contributed by atoms with E-state index in [4.69, 9.17) is 4.74 Å². The fraction of sp³-hybridized carbons (Fsp3) is 0.235. The Morgan fingerprint density at radius 1 is 0.791 bits per heavy atom. The molecule has 4 rings (SSSR count). The number of ether oxygens (including phenoxy) is 1. The van der Waals surface area contributed by atoms with Gasteiger partial charge in [-0.25, -0.2) is 8.42 Å². The van der Waals surface area contributed by atoms with Crippen molar-refractivity contribution in [3.63, 3.8) is 0 Å². The van der Waals surface area contributed by atoms with Crippen LogP contribution in [0.25, 0.3) is 0 Å². The van der Waals surface area contributed by atoms with Crippen molar-refractivity contribution >= 4 is 27.5 Å². The Hall–Kier alpha value is -4.63. The second kappa shape index (κ2) is 14.5. The third-order valence-corrected chi connectivity index (χ3v) is 8.71. The van der Waals surface area contributed by atoms with Gasteiger partial charge in [-0.05, 0) is 74.4 Å². The van der Waals surface area contributed by atoms with Gasteiger partial charge in [-0.3, -0.25) is 13.9 Å². The summed E-state index contributed by atoms with van der Waals surface area (Å²) in [5, 5.41) is 2.82. The molecule has 0 bridgehead atoms. The molecular weight excluding hydrogens is 562 g/mol. The van der Waals surface area contributed by atoms with Crippen molar-refractivity contribution in [1.29, 1.82) is 0 Å². The van der Waals surface area contributed by atoms with Gasteiger partial charge in [0.2, 0.25) is 11.8 Å². The first-order valence-corrected chi connectivity index (χ1v) is 15.7. The van der Waals surface area contributed by atoms with Crippen LogP contribution in [0, 0.1) is 6.92 Å². The van der Waals surface area contributed by atoms with E-state index in [1.54, 1.807) is 42.5 Å². The number of rotatable bonds is 13. The average molecular weight is 600 g/mol. The number of hydrogen-bond donors (Lipinski definition) is 1. The number of aryl methyl sites for hydroxylation is 1. The van der Waals surface area contributed by atoms with Crippen LogP contribution in [-0.2, 0) is 26.2 Å². The lowest BCUT2D eigenvalue weighted by molar-refractivity contribution is -0.140. The number of para-hydroxylation sites is 1. The minimum atomic E-state index is -4.15. The second-order valence-electron chi connectivity index (χ2n) is 10.1. The first-order chi connectivity index (χ1) is 20.7. The highest BCUT2D eigenvalue weighted by molar-refractivity contribution is 7.92. The molecule has 2 amide bonds. The SMILES string of the molecule is CCNC(=O)[C@@H](CC)N(Cc1ccc(C)cc1)C(=O)CN(c1ccc(Oc2ccccc2)cc1)S(=O)(=O)c1ccccc1. The molecule has 4 aromatic carbocycles. The second-order valence-corrected chi connectivity index (χ2v) is 11.9. The predicted octanol–water partition coefficient (Wildman–Crippen LogP) is 5.93. The van der Waals surface area contributed by atoms with Crippen molar-refractivity contribution in [3.8, 4) is 11.5 Å². The van der Waals surface area contributed by atoms with E-state index in [-0.39, 0.29) is 17.3 Å². The van der Waals surface area contributed by atoms with Gasteiger partial charge >= 0.3 is 0 Å². The third-order valence-electron chi connectivity index (χ3n) is 6.92. The number of hydrogen-bond acceptors (Lipinski definition) is 5. The molecule has 0 saturated carbocycles. The van der Waals surface area contributed by atoms with Gasteiger partial charge in [0.25, 0.3) is 10.0 Å². The number of likely N-dealkylation sites (N-methyl/N-ethyl adjacent to an activating group) is 1. The number of sulfonamides is 1. The summed E-state index contributed by atoms with van der Waals surface area (Å²) in [6, 6.07) is 30.7. The van der Waals surface area contributed by atoms with E-state index >= 15 is 0 Å². The van der Waals surface area contributed by atoms with Crippen molar-refractivity contribution < 1.29 is 22.7 Å². The van der Waals surface area contributed by atoms with Crippen molar-refractivity contribution in [1.82, 2.24) is 10.2 Å².